The first-order valence-corrected chi connectivity index (χ1v) is 12.8. The van der Waals surface area contributed by atoms with E-state index in [1.54, 1.807) is 48.5 Å². The highest BCUT2D eigenvalue weighted by Crippen LogP contribution is 2.19. The molecule has 3 aromatic carbocycles. The third-order valence-corrected chi connectivity index (χ3v) is 6.67. The number of benzene rings is 3. The lowest BCUT2D eigenvalue weighted by Crippen LogP contribution is -2.41. The number of esters is 1. The van der Waals surface area contributed by atoms with Crippen molar-refractivity contribution in [2.24, 2.45) is 0 Å². The number of nitrogens with one attached hydrogen (secondary N) is 2. The van der Waals surface area contributed by atoms with Crippen LogP contribution in [0.2, 0.25) is 0 Å². The number of aromatic amines is 1. The molecule has 4 rings (SSSR count). The molecule has 7 nitrogen and oxygen atoms in total. The number of H-pyrrole nitrogens is 1. The van der Waals surface area contributed by atoms with Crippen molar-refractivity contribution in [2.75, 3.05) is 12.4 Å². The van der Waals surface area contributed by atoms with Gasteiger partial charge in [0.2, 0.25) is 10.7 Å². The number of thioether (sulfide) groups is 1. The van der Waals surface area contributed by atoms with E-state index in [4.69, 9.17) is 4.74 Å². The second-order valence-corrected chi connectivity index (χ2v) is 9.57. The van der Waals surface area contributed by atoms with E-state index in [1.165, 1.54) is 6.07 Å². The Morgan fingerprint density at radius 3 is 2.38 bits per heavy atom. The SMILES string of the molecule is Cc1ccc(C(=O)NC(Cc2cc(=O)[nH]c3ccccc23)C(=O)SCCOC(=O)c2ccccc2)cc1. The van der Waals surface area contributed by atoms with E-state index in [1.807, 2.05) is 37.3 Å². The number of rotatable bonds is 9. The van der Waals surface area contributed by atoms with Gasteiger partial charge in [0.25, 0.3) is 5.91 Å². The van der Waals surface area contributed by atoms with E-state index in [-0.39, 0.29) is 35.4 Å². The molecule has 1 atom stereocenters. The molecule has 2 N–H and O–H groups in total. The largest absolute Gasteiger partial charge is 0.461 e. The summed E-state index contributed by atoms with van der Waals surface area (Å²) in [6.07, 6.45) is 0.137. The van der Waals surface area contributed by atoms with Crippen LogP contribution in [0.5, 0.6) is 0 Å². The van der Waals surface area contributed by atoms with Gasteiger partial charge in [0.1, 0.15) is 12.6 Å². The van der Waals surface area contributed by atoms with Crippen LogP contribution in [0, 0.1) is 6.92 Å². The van der Waals surface area contributed by atoms with Crippen LogP contribution < -0.4 is 10.9 Å². The van der Waals surface area contributed by atoms with Gasteiger partial charge in [-0.15, -0.1) is 0 Å². The lowest BCUT2D eigenvalue weighted by Gasteiger charge is -2.18. The van der Waals surface area contributed by atoms with Crippen LogP contribution >= 0.6 is 11.8 Å². The molecule has 188 valence electrons. The van der Waals surface area contributed by atoms with Gasteiger partial charge in [-0.3, -0.25) is 14.4 Å². The van der Waals surface area contributed by atoms with Crippen molar-refractivity contribution in [2.45, 2.75) is 19.4 Å². The smallest absolute Gasteiger partial charge is 0.338 e. The number of hydrogen-bond donors (Lipinski definition) is 2. The predicted octanol–water partition coefficient (Wildman–Crippen LogP) is 4.29. The van der Waals surface area contributed by atoms with E-state index in [0.29, 0.717) is 22.2 Å². The number of carbonyl (C=O) groups excluding carboxylic acids is 3. The fraction of sp³-hybridized carbons (Fsp3) is 0.172. The van der Waals surface area contributed by atoms with Crippen LogP contribution in [0.4, 0.5) is 0 Å². The predicted molar refractivity (Wildman–Crippen MR) is 145 cm³/mol. The molecule has 0 saturated heterocycles. The van der Waals surface area contributed by atoms with Crippen LogP contribution in [-0.2, 0) is 16.0 Å². The zero-order chi connectivity index (χ0) is 26.2. The van der Waals surface area contributed by atoms with Crippen molar-refractivity contribution >= 4 is 39.7 Å². The molecule has 37 heavy (non-hydrogen) atoms. The Morgan fingerprint density at radius 1 is 0.919 bits per heavy atom. The van der Waals surface area contributed by atoms with Crippen molar-refractivity contribution in [3.05, 3.63) is 118 Å². The molecule has 0 aliphatic rings. The number of carbonyl (C=O) groups is 3. The molecule has 8 heteroatoms. The minimum absolute atomic E-state index is 0.0384. The Kier molecular flexibility index (Phi) is 8.53. The van der Waals surface area contributed by atoms with Gasteiger partial charge in [-0.25, -0.2) is 4.79 Å². The topological polar surface area (TPSA) is 105 Å². The van der Waals surface area contributed by atoms with Gasteiger partial charge in [0.15, 0.2) is 0 Å². The van der Waals surface area contributed by atoms with Gasteiger partial charge in [-0.2, -0.15) is 0 Å². The average molecular weight is 515 g/mol. The fourth-order valence-electron chi connectivity index (χ4n) is 3.84. The maximum Gasteiger partial charge on any atom is 0.338 e. The van der Waals surface area contributed by atoms with Gasteiger partial charge in [0.05, 0.1) is 5.56 Å². The van der Waals surface area contributed by atoms with Crippen molar-refractivity contribution < 1.29 is 19.1 Å². The Bertz CT molecular complexity index is 1470. The van der Waals surface area contributed by atoms with Gasteiger partial charge in [0, 0.05) is 34.7 Å². The van der Waals surface area contributed by atoms with E-state index in [2.05, 4.69) is 10.3 Å². The highest BCUT2D eigenvalue weighted by molar-refractivity contribution is 8.13. The number of amides is 1. The molecular weight excluding hydrogens is 488 g/mol. The molecule has 0 radical (unpaired) electrons. The average Bonchev–Trinajstić information content (AvgIpc) is 2.91. The van der Waals surface area contributed by atoms with E-state index in [9.17, 15) is 19.2 Å². The molecule has 1 aromatic heterocycles. The number of hydrogen-bond acceptors (Lipinski definition) is 6. The van der Waals surface area contributed by atoms with Crippen LogP contribution in [0.25, 0.3) is 10.9 Å². The Labute approximate surface area is 218 Å². The van der Waals surface area contributed by atoms with Crippen LogP contribution in [0.15, 0.2) is 89.7 Å². The van der Waals surface area contributed by atoms with Crippen molar-refractivity contribution in [3.63, 3.8) is 0 Å². The molecule has 0 fully saturated rings. The summed E-state index contributed by atoms with van der Waals surface area (Å²) in [6.45, 7) is 1.96. The number of aromatic nitrogens is 1. The highest BCUT2D eigenvalue weighted by atomic mass is 32.2. The Hall–Kier alpha value is -4.17. The number of fused-ring (bicyclic) bond motifs is 1. The van der Waals surface area contributed by atoms with Crippen molar-refractivity contribution in [1.82, 2.24) is 10.3 Å². The molecule has 0 aliphatic heterocycles. The van der Waals surface area contributed by atoms with Gasteiger partial charge < -0.3 is 15.0 Å². The zero-order valence-electron chi connectivity index (χ0n) is 20.2. The third kappa shape index (κ3) is 6.95. The molecule has 0 bridgehead atoms. The molecule has 1 heterocycles. The summed E-state index contributed by atoms with van der Waals surface area (Å²) >= 11 is 0.973. The number of para-hydroxylation sites is 1. The van der Waals surface area contributed by atoms with Gasteiger partial charge >= 0.3 is 5.97 Å². The Morgan fingerprint density at radius 2 is 1.62 bits per heavy atom. The minimum atomic E-state index is -0.895. The first-order chi connectivity index (χ1) is 17.9. The van der Waals surface area contributed by atoms with Crippen molar-refractivity contribution in [3.8, 4) is 0 Å². The molecule has 1 amide bonds. The number of pyridine rings is 1. The molecule has 1 unspecified atom stereocenters. The second kappa shape index (κ2) is 12.2. The van der Waals surface area contributed by atoms with Crippen LogP contribution in [0.3, 0.4) is 0 Å². The molecular formula is C29H26N2O5S. The maximum atomic E-state index is 13.2. The first-order valence-electron chi connectivity index (χ1n) is 11.8. The van der Waals surface area contributed by atoms with Gasteiger partial charge in [-0.05, 0) is 42.8 Å². The van der Waals surface area contributed by atoms with Crippen molar-refractivity contribution in [1.29, 1.82) is 0 Å². The Balaban J connectivity index is 1.48. The quantitative estimate of drug-likeness (QED) is 0.255. The fourth-order valence-corrected chi connectivity index (χ4v) is 4.55. The van der Waals surface area contributed by atoms with E-state index < -0.39 is 12.0 Å². The summed E-state index contributed by atoms with van der Waals surface area (Å²) < 4.78 is 5.27. The molecule has 0 aliphatic carbocycles. The zero-order valence-corrected chi connectivity index (χ0v) is 21.0. The van der Waals surface area contributed by atoms with E-state index in [0.717, 1.165) is 22.7 Å². The minimum Gasteiger partial charge on any atom is -0.461 e. The first kappa shape index (κ1) is 25.9. The molecule has 0 spiro atoms. The summed E-state index contributed by atoms with van der Waals surface area (Å²) in [7, 11) is 0. The summed E-state index contributed by atoms with van der Waals surface area (Å²) in [5.74, 6) is -0.624. The monoisotopic (exact) mass is 514 g/mol. The normalized spacial score (nSPS) is 11.6. The lowest BCUT2D eigenvalue weighted by atomic mass is 10.0. The van der Waals surface area contributed by atoms with Crippen LogP contribution in [-0.4, -0.2) is 40.4 Å². The summed E-state index contributed by atoms with van der Waals surface area (Å²) in [5, 5.41) is 3.34. The van der Waals surface area contributed by atoms with E-state index >= 15 is 0 Å². The molecule has 4 aromatic rings. The maximum absolute atomic E-state index is 13.2. The number of aryl methyl sites for hydroxylation is 1. The molecule has 0 saturated carbocycles. The van der Waals surface area contributed by atoms with Gasteiger partial charge in [-0.1, -0.05) is 65.9 Å². The summed E-state index contributed by atoms with van der Waals surface area (Å²) in [5.41, 5.74) is 2.90. The van der Waals surface area contributed by atoms with Crippen LogP contribution in [0.1, 0.15) is 31.8 Å². The standard InChI is InChI=1S/C29H26N2O5S/c1-19-11-13-20(14-12-19)27(33)31-25(17-22-18-26(32)30-24-10-6-5-9-23(22)24)29(35)37-16-15-36-28(34)21-7-3-2-4-8-21/h2-14,18,25H,15-17H2,1H3,(H,30,32)(H,31,33). The third-order valence-electron chi connectivity index (χ3n) is 5.73. The number of ether oxygens (including phenoxy) is 1. The lowest BCUT2D eigenvalue weighted by molar-refractivity contribution is -0.112. The second-order valence-electron chi connectivity index (χ2n) is 8.47. The summed E-state index contributed by atoms with van der Waals surface area (Å²) in [6, 6.07) is 23.5. The highest BCUT2D eigenvalue weighted by Gasteiger charge is 2.24. The summed E-state index contributed by atoms with van der Waals surface area (Å²) in [4.78, 5) is 53.4.